The Balaban J connectivity index is 1.04. The molecule has 7 rings (SSSR count). The van der Waals surface area contributed by atoms with Crippen LogP contribution in [0.25, 0.3) is 16.7 Å². The van der Waals surface area contributed by atoms with Gasteiger partial charge in [0.05, 0.1) is 36.3 Å². The number of nitrogens with zero attached hydrogens (tertiary/aromatic N) is 4. The molecule has 2 N–H and O–H groups in total. The van der Waals surface area contributed by atoms with Gasteiger partial charge >= 0.3 is 0 Å². The SMILES string of the molecule is O=C(c1ccc(Cl)cc1)N1CCC(O)(Cn2cnc3c(cc(Cl)n3-c3ccc([C@@H]4CO[C@@H](C5CC5)CN4)cc3)c2=O)CC1. The van der Waals surface area contributed by atoms with E-state index in [1.165, 1.54) is 23.7 Å². The number of amides is 1. The molecule has 0 radical (unpaired) electrons. The fourth-order valence-electron chi connectivity index (χ4n) is 6.26. The predicted octanol–water partition coefficient (Wildman–Crippen LogP) is 4.60. The Hall–Kier alpha value is -3.21. The minimum absolute atomic E-state index is 0.0767. The van der Waals surface area contributed by atoms with Crippen LogP contribution in [0.2, 0.25) is 10.2 Å². The molecule has 2 saturated heterocycles. The predicted molar refractivity (Wildman–Crippen MR) is 165 cm³/mol. The Kier molecular flexibility index (Phi) is 7.55. The third kappa shape index (κ3) is 5.72. The first-order chi connectivity index (χ1) is 20.8. The number of fused-ring (bicyclic) bond motifs is 1. The molecule has 9 nitrogen and oxygen atoms in total. The molecular weight excluding hydrogens is 589 g/mol. The zero-order valence-corrected chi connectivity index (χ0v) is 25.1. The number of aliphatic hydroxyl groups is 1. The summed E-state index contributed by atoms with van der Waals surface area (Å²) in [5.74, 6) is 0.609. The Morgan fingerprint density at radius 2 is 1.79 bits per heavy atom. The molecule has 0 bridgehead atoms. The highest BCUT2D eigenvalue weighted by Gasteiger charge is 2.36. The molecule has 1 aliphatic carbocycles. The highest BCUT2D eigenvalue weighted by Crippen LogP contribution is 2.36. The van der Waals surface area contributed by atoms with Gasteiger partial charge in [0.2, 0.25) is 0 Å². The fraction of sp³-hybridized carbons (Fsp3) is 0.406. The monoisotopic (exact) mass is 621 g/mol. The van der Waals surface area contributed by atoms with E-state index in [0.717, 1.165) is 17.8 Å². The minimum Gasteiger partial charge on any atom is -0.388 e. The molecule has 2 atom stereocenters. The molecule has 3 fully saturated rings. The van der Waals surface area contributed by atoms with Crippen LogP contribution < -0.4 is 10.9 Å². The number of aromatic nitrogens is 3. The van der Waals surface area contributed by atoms with Crippen molar-refractivity contribution in [2.24, 2.45) is 5.92 Å². The lowest BCUT2D eigenvalue weighted by Gasteiger charge is -2.38. The molecule has 43 heavy (non-hydrogen) atoms. The van der Waals surface area contributed by atoms with Crippen LogP contribution in [-0.4, -0.2) is 68.0 Å². The lowest BCUT2D eigenvalue weighted by molar-refractivity contribution is -0.0299. The third-order valence-electron chi connectivity index (χ3n) is 9.02. The summed E-state index contributed by atoms with van der Waals surface area (Å²) in [4.78, 5) is 32.7. The molecule has 0 spiro atoms. The number of carbonyl (C=O) groups is 1. The quantitative estimate of drug-likeness (QED) is 0.326. The summed E-state index contributed by atoms with van der Waals surface area (Å²) in [6.45, 7) is 2.36. The lowest BCUT2D eigenvalue weighted by Crippen LogP contribution is -2.49. The van der Waals surface area contributed by atoms with Gasteiger partial charge in [0, 0.05) is 35.9 Å². The average molecular weight is 623 g/mol. The number of ether oxygens (including phenoxy) is 1. The number of likely N-dealkylation sites (tertiary alicyclic amines) is 1. The first kappa shape index (κ1) is 28.6. The van der Waals surface area contributed by atoms with Gasteiger partial charge in [0.1, 0.15) is 11.5 Å². The fourth-order valence-corrected chi connectivity index (χ4v) is 6.67. The number of carbonyl (C=O) groups excluding carboxylic acids is 1. The highest BCUT2D eigenvalue weighted by atomic mass is 35.5. The molecule has 2 aliphatic heterocycles. The van der Waals surface area contributed by atoms with E-state index in [-0.39, 0.29) is 24.1 Å². The number of morpholine rings is 1. The molecule has 0 unspecified atom stereocenters. The summed E-state index contributed by atoms with van der Waals surface area (Å²) < 4.78 is 9.29. The molecule has 4 aromatic rings. The van der Waals surface area contributed by atoms with Gasteiger partial charge in [0.15, 0.2) is 5.65 Å². The van der Waals surface area contributed by atoms with E-state index in [1.54, 1.807) is 39.8 Å². The maximum absolute atomic E-state index is 13.5. The van der Waals surface area contributed by atoms with Crippen molar-refractivity contribution in [3.05, 3.63) is 92.6 Å². The Morgan fingerprint density at radius 1 is 1.07 bits per heavy atom. The molecule has 2 aromatic carbocycles. The van der Waals surface area contributed by atoms with Gasteiger partial charge in [-0.25, -0.2) is 4.98 Å². The van der Waals surface area contributed by atoms with Crippen molar-refractivity contribution in [1.29, 1.82) is 0 Å². The lowest BCUT2D eigenvalue weighted by atomic mass is 9.91. The summed E-state index contributed by atoms with van der Waals surface area (Å²) in [6, 6.07) is 16.6. The number of hydrogen-bond donors (Lipinski definition) is 2. The van der Waals surface area contributed by atoms with Crippen LogP contribution in [0.3, 0.4) is 0 Å². The summed E-state index contributed by atoms with van der Waals surface area (Å²) in [5.41, 5.74) is 1.53. The van der Waals surface area contributed by atoms with Gasteiger partial charge in [-0.2, -0.15) is 0 Å². The van der Waals surface area contributed by atoms with E-state index in [9.17, 15) is 14.7 Å². The van der Waals surface area contributed by atoms with E-state index in [0.29, 0.717) is 71.3 Å². The molecule has 1 saturated carbocycles. The molecule has 2 aromatic heterocycles. The number of nitrogens with one attached hydrogen (secondary N) is 1. The molecular formula is C32H33Cl2N5O4. The van der Waals surface area contributed by atoms with Crippen LogP contribution in [0.15, 0.2) is 65.7 Å². The largest absolute Gasteiger partial charge is 0.388 e. The van der Waals surface area contributed by atoms with Crippen LogP contribution in [0.4, 0.5) is 0 Å². The van der Waals surface area contributed by atoms with Gasteiger partial charge in [0.25, 0.3) is 11.5 Å². The first-order valence-electron chi connectivity index (χ1n) is 14.8. The number of rotatable bonds is 6. The summed E-state index contributed by atoms with van der Waals surface area (Å²) in [5, 5.41) is 16.3. The van der Waals surface area contributed by atoms with Gasteiger partial charge in [-0.3, -0.25) is 18.7 Å². The second kappa shape index (κ2) is 11.4. The van der Waals surface area contributed by atoms with E-state index < -0.39 is 5.60 Å². The minimum atomic E-state index is -1.15. The molecule has 4 heterocycles. The Morgan fingerprint density at radius 3 is 2.44 bits per heavy atom. The summed E-state index contributed by atoms with van der Waals surface area (Å²) in [6.07, 6.45) is 5.01. The van der Waals surface area contributed by atoms with Crippen molar-refractivity contribution in [3.63, 3.8) is 0 Å². The highest BCUT2D eigenvalue weighted by molar-refractivity contribution is 6.31. The number of halogens is 2. The van der Waals surface area contributed by atoms with Crippen molar-refractivity contribution in [1.82, 2.24) is 24.3 Å². The zero-order valence-electron chi connectivity index (χ0n) is 23.6. The first-order valence-corrected chi connectivity index (χ1v) is 15.5. The number of piperidine rings is 1. The normalized spacial score (nSPS) is 22.2. The topological polar surface area (TPSA) is 102 Å². The molecule has 11 heteroatoms. The van der Waals surface area contributed by atoms with E-state index in [2.05, 4.69) is 22.4 Å². The van der Waals surface area contributed by atoms with Crippen molar-refractivity contribution in [2.75, 3.05) is 26.2 Å². The third-order valence-corrected chi connectivity index (χ3v) is 9.55. The van der Waals surface area contributed by atoms with Gasteiger partial charge in [-0.15, -0.1) is 0 Å². The zero-order chi connectivity index (χ0) is 29.7. The van der Waals surface area contributed by atoms with E-state index >= 15 is 0 Å². The number of benzene rings is 2. The summed E-state index contributed by atoms with van der Waals surface area (Å²) >= 11 is 12.6. The van der Waals surface area contributed by atoms with Crippen molar-refractivity contribution < 1.29 is 14.6 Å². The summed E-state index contributed by atoms with van der Waals surface area (Å²) in [7, 11) is 0. The maximum atomic E-state index is 13.5. The van der Waals surface area contributed by atoms with E-state index in [1.807, 2.05) is 12.1 Å². The molecule has 224 valence electrons. The van der Waals surface area contributed by atoms with Crippen LogP contribution in [-0.2, 0) is 11.3 Å². The molecule has 3 aliphatic rings. The van der Waals surface area contributed by atoms with Crippen molar-refractivity contribution >= 4 is 40.1 Å². The van der Waals surface area contributed by atoms with Gasteiger partial charge < -0.3 is 20.1 Å². The van der Waals surface area contributed by atoms with E-state index in [4.69, 9.17) is 27.9 Å². The van der Waals surface area contributed by atoms with Crippen LogP contribution in [0.1, 0.15) is 47.6 Å². The van der Waals surface area contributed by atoms with Crippen molar-refractivity contribution in [2.45, 2.75) is 50.0 Å². The van der Waals surface area contributed by atoms with Crippen molar-refractivity contribution in [3.8, 4) is 5.69 Å². The Labute approximate surface area is 259 Å². The standard InChI is InChI=1S/C32H33Cl2N5O4/c33-23-7-3-22(4-8-23)30(40)37-13-11-32(42,12-14-37)18-38-19-36-29-25(31(38)41)15-28(34)39(29)24-9-5-20(6-10-24)26-17-43-27(16-35-26)21-1-2-21/h3-10,15,19,21,26-27,35,42H,1-2,11-14,16-18H2/t26-,27+/m0/s1. The number of hydrogen-bond acceptors (Lipinski definition) is 6. The Bertz CT molecular complexity index is 1700. The van der Waals surface area contributed by atoms with Gasteiger partial charge in [-0.1, -0.05) is 35.3 Å². The van der Waals surface area contributed by atoms with Crippen LogP contribution in [0.5, 0.6) is 0 Å². The average Bonchev–Trinajstić information content (AvgIpc) is 3.81. The second-order valence-corrected chi connectivity index (χ2v) is 12.8. The van der Waals surface area contributed by atoms with Gasteiger partial charge in [-0.05, 0) is 79.6 Å². The molecule has 1 amide bonds. The van der Waals surface area contributed by atoms with Crippen LogP contribution >= 0.6 is 23.2 Å². The second-order valence-electron chi connectivity index (χ2n) is 12.0. The van der Waals surface area contributed by atoms with Crippen LogP contribution in [0, 0.1) is 5.92 Å². The smallest absolute Gasteiger partial charge is 0.262 e. The maximum Gasteiger partial charge on any atom is 0.262 e.